The molecule has 0 aliphatic carbocycles. The Morgan fingerprint density at radius 1 is 0.857 bits per heavy atom. The molecule has 9 heteroatoms. The Bertz CT molecular complexity index is 1220. The van der Waals surface area contributed by atoms with Crippen LogP contribution in [0.1, 0.15) is 16.7 Å². The number of aryl methyl sites for hydroxylation is 2. The molecule has 0 atom stereocenters. The van der Waals surface area contributed by atoms with Crippen molar-refractivity contribution in [1.29, 1.82) is 0 Å². The number of amides is 3. The van der Waals surface area contributed by atoms with E-state index in [9.17, 15) is 14.4 Å². The molecule has 0 fully saturated rings. The smallest absolute Gasteiger partial charge is 0.329 e. The summed E-state index contributed by atoms with van der Waals surface area (Å²) >= 11 is 0. The molecule has 0 aliphatic heterocycles. The van der Waals surface area contributed by atoms with E-state index in [1.165, 1.54) is 13.3 Å². The number of carbonyl (C=O) groups is 3. The van der Waals surface area contributed by atoms with E-state index in [4.69, 9.17) is 9.47 Å². The van der Waals surface area contributed by atoms with Crippen molar-refractivity contribution in [3.05, 3.63) is 83.4 Å². The molecule has 0 saturated heterocycles. The lowest BCUT2D eigenvalue weighted by molar-refractivity contribution is -0.136. The summed E-state index contributed by atoms with van der Waals surface area (Å²) in [5.74, 6) is -1.14. The zero-order valence-electron chi connectivity index (χ0n) is 19.6. The van der Waals surface area contributed by atoms with Crippen molar-refractivity contribution in [3.63, 3.8) is 0 Å². The Labute approximate surface area is 203 Å². The first-order valence-corrected chi connectivity index (χ1v) is 10.7. The minimum atomic E-state index is -0.929. The van der Waals surface area contributed by atoms with Crippen molar-refractivity contribution in [1.82, 2.24) is 5.43 Å². The maximum absolute atomic E-state index is 12.2. The average Bonchev–Trinajstić information content (AvgIpc) is 2.86. The van der Waals surface area contributed by atoms with E-state index in [-0.39, 0.29) is 12.5 Å². The van der Waals surface area contributed by atoms with Crippen LogP contribution in [0.15, 0.2) is 71.8 Å². The van der Waals surface area contributed by atoms with Gasteiger partial charge < -0.3 is 20.1 Å². The van der Waals surface area contributed by atoms with Crippen LogP contribution in [0.2, 0.25) is 0 Å². The summed E-state index contributed by atoms with van der Waals surface area (Å²) < 4.78 is 10.7. The number of hydrogen-bond acceptors (Lipinski definition) is 6. The van der Waals surface area contributed by atoms with Crippen LogP contribution in [0.25, 0.3) is 0 Å². The van der Waals surface area contributed by atoms with Crippen LogP contribution in [0.5, 0.6) is 11.5 Å². The minimum Gasteiger partial charge on any atom is -0.495 e. The molecule has 0 saturated carbocycles. The van der Waals surface area contributed by atoms with Gasteiger partial charge >= 0.3 is 11.8 Å². The van der Waals surface area contributed by atoms with Gasteiger partial charge in [-0.3, -0.25) is 14.4 Å². The van der Waals surface area contributed by atoms with Crippen molar-refractivity contribution in [3.8, 4) is 11.5 Å². The summed E-state index contributed by atoms with van der Waals surface area (Å²) in [7, 11) is 1.47. The Morgan fingerprint density at radius 2 is 1.54 bits per heavy atom. The number of hydrazone groups is 1. The minimum absolute atomic E-state index is 0.140. The number of nitrogens with one attached hydrogen (secondary N) is 3. The zero-order valence-corrected chi connectivity index (χ0v) is 19.6. The third-order valence-electron chi connectivity index (χ3n) is 4.94. The number of hydrogen-bond donors (Lipinski definition) is 3. The van der Waals surface area contributed by atoms with Gasteiger partial charge in [0.1, 0.15) is 11.5 Å². The lowest BCUT2D eigenvalue weighted by atomic mass is 10.1. The van der Waals surface area contributed by atoms with Crippen LogP contribution in [-0.2, 0) is 14.4 Å². The molecule has 0 spiro atoms. The molecule has 0 radical (unpaired) electrons. The van der Waals surface area contributed by atoms with Gasteiger partial charge in [0.25, 0.3) is 5.91 Å². The van der Waals surface area contributed by atoms with Crippen molar-refractivity contribution in [2.75, 3.05) is 24.4 Å². The Kier molecular flexibility index (Phi) is 8.55. The number of para-hydroxylation sites is 3. The summed E-state index contributed by atoms with van der Waals surface area (Å²) in [6, 6.07) is 19.3. The van der Waals surface area contributed by atoms with Gasteiger partial charge in [0.2, 0.25) is 0 Å². The van der Waals surface area contributed by atoms with E-state index in [0.29, 0.717) is 22.7 Å². The van der Waals surface area contributed by atoms with Gasteiger partial charge in [0, 0.05) is 5.69 Å². The molecule has 3 aromatic carbocycles. The largest absolute Gasteiger partial charge is 0.495 e. The molecule has 3 N–H and O–H groups in total. The number of benzene rings is 3. The van der Waals surface area contributed by atoms with Crippen LogP contribution < -0.4 is 25.5 Å². The summed E-state index contributed by atoms with van der Waals surface area (Å²) in [5, 5.41) is 9.12. The first-order chi connectivity index (χ1) is 16.9. The molecule has 3 aromatic rings. The topological polar surface area (TPSA) is 118 Å². The fourth-order valence-electron chi connectivity index (χ4n) is 3.13. The van der Waals surface area contributed by atoms with Gasteiger partial charge in [-0.15, -0.1) is 0 Å². The lowest BCUT2D eigenvalue weighted by Crippen LogP contribution is -2.32. The van der Waals surface area contributed by atoms with E-state index in [1.54, 1.807) is 48.5 Å². The second kappa shape index (κ2) is 12.0. The molecule has 0 aliphatic rings. The van der Waals surface area contributed by atoms with Crippen molar-refractivity contribution in [2.45, 2.75) is 13.8 Å². The van der Waals surface area contributed by atoms with Gasteiger partial charge in [0.15, 0.2) is 6.61 Å². The lowest BCUT2D eigenvalue weighted by Gasteiger charge is -2.12. The molecule has 3 rings (SSSR count). The number of rotatable bonds is 8. The van der Waals surface area contributed by atoms with E-state index in [1.807, 2.05) is 32.0 Å². The zero-order chi connectivity index (χ0) is 25.2. The van der Waals surface area contributed by atoms with Crippen molar-refractivity contribution in [2.24, 2.45) is 5.10 Å². The molecule has 0 heterocycles. The highest BCUT2D eigenvalue weighted by Gasteiger charge is 2.15. The van der Waals surface area contributed by atoms with Crippen molar-refractivity contribution < 1.29 is 23.9 Å². The summed E-state index contributed by atoms with van der Waals surface area (Å²) in [6.45, 7) is 3.72. The highest BCUT2D eigenvalue weighted by atomic mass is 16.5. The SMILES string of the molecule is COc1ccccc1NC(=O)C(=O)N/N=C\c1ccc(OCC(=O)Nc2c(C)cccc2C)cc1. The normalized spacial score (nSPS) is 10.5. The van der Waals surface area contributed by atoms with Crippen molar-refractivity contribution >= 4 is 35.3 Å². The summed E-state index contributed by atoms with van der Waals surface area (Å²) in [5.41, 5.74) is 5.94. The van der Waals surface area contributed by atoms with Gasteiger partial charge in [-0.25, -0.2) is 5.43 Å². The second-order valence-electron chi connectivity index (χ2n) is 7.53. The molecule has 9 nitrogen and oxygen atoms in total. The predicted octanol–water partition coefficient (Wildman–Crippen LogP) is 3.42. The molecule has 180 valence electrons. The number of ether oxygens (including phenoxy) is 2. The number of methoxy groups -OCH3 is 1. The predicted molar refractivity (Wildman–Crippen MR) is 134 cm³/mol. The van der Waals surface area contributed by atoms with Crippen LogP contribution in [0.4, 0.5) is 11.4 Å². The molecule has 35 heavy (non-hydrogen) atoms. The van der Waals surface area contributed by atoms with Gasteiger partial charge in [-0.2, -0.15) is 5.10 Å². The molecule has 0 bridgehead atoms. The fourth-order valence-corrected chi connectivity index (χ4v) is 3.13. The van der Waals surface area contributed by atoms with Crippen LogP contribution in [-0.4, -0.2) is 37.7 Å². The molecule has 0 aromatic heterocycles. The quantitative estimate of drug-likeness (QED) is 0.263. The molecular weight excluding hydrogens is 448 g/mol. The molecular formula is C26H26N4O5. The van der Waals surface area contributed by atoms with E-state index >= 15 is 0 Å². The first kappa shape index (κ1) is 25.0. The first-order valence-electron chi connectivity index (χ1n) is 10.7. The van der Waals surface area contributed by atoms with Gasteiger partial charge in [-0.1, -0.05) is 30.3 Å². The standard InChI is InChI=1S/C26H26N4O5/c1-17-7-6-8-18(2)24(17)29-23(31)16-35-20-13-11-19(12-14-20)15-27-30-26(33)25(32)28-21-9-4-5-10-22(21)34-3/h4-15H,16H2,1-3H3,(H,28,32)(H,29,31)(H,30,33)/b27-15-. The van der Waals surface area contributed by atoms with Crippen LogP contribution in [0.3, 0.4) is 0 Å². The Balaban J connectivity index is 1.46. The maximum atomic E-state index is 12.2. The third kappa shape index (κ3) is 7.16. The number of anilines is 2. The highest BCUT2D eigenvalue weighted by Crippen LogP contribution is 2.23. The van der Waals surface area contributed by atoms with E-state index in [0.717, 1.165) is 16.8 Å². The fraction of sp³-hybridized carbons (Fsp3) is 0.154. The number of carbonyl (C=O) groups excluding carboxylic acids is 3. The average molecular weight is 475 g/mol. The third-order valence-corrected chi connectivity index (χ3v) is 4.94. The maximum Gasteiger partial charge on any atom is 0.329 e. The van der Waals surface area contributed by atoms with Gasteiger partial charge in [-0.05, 0) is 66.9 Å². The Hall–Kier alpha value is -4.66. The molecule has 0 unspecified atom stereocenters. The van der Waals surface area contributed by atoms with E-state index < -0.39 is 11.8 Å². The summed E-state index contributed by atoms with van der Waals surface area (Å²) in [6.07, 6.45) is 1.38. The van der Waals surface area contributed by atoms with Gasteiger partial charge in [0.05, 0.1) is 19.0 Å². The van der Waals surface area contributed by atoms with E-state index in [2.05, 4.69) is 21.2 Å². The second-order valence-corrected chi connectivity index (χ2v) is 7.53. The van der Waals surface area contributed by atoms with Crippen LogP contribution >= 0.6 is 0 Å². The van der Waals surface area contributed by atoms with Crippen LogP contribution in [0, 0.1) is 13.8 Å². The summed E-state index contributed by atoms with van der Waals surface area (Å²) in [4.78, 5) is 36.3. The number of nitrogens with zero attached hydrogens (tertiary/aromatic N) is 1. The Morgan fingerprint density at radius 3 is 2.23 bits per heavy atom. The highest BCUT2D eigenvalue weighted by molar-refractivity contribution is 6.39. The molecule has 3 amide bonds. The monoisotopic (exact) mass is 474 g/mol.